The fourth-order valence-corrected chi connectivity index (χ4v) is 3.10. The molecular weight excluding hydrogens is 421 g/mol. The second-order valence-corrected chi connectivity index (χ2v) is 7.99. The summed E-state index contributed by atoms with van der Waals surface area (Å²) in [5.74, 6) is 0.921. The SMILES string of the molecule is Cc1nn2ccc(N3CCN(C(=O)OC(C)(C)C)CC3)nc2c1I. The van der Waals surface area contributed by atoms with Crippen LogP contribution in [0.1, 0.15) is 26.5 Å². The molecule has 1 saturated heterocycles. The number of carbonyl (C=O) groups is 1. The molecule has 24 heavy (non-hydrogen) atoms. The number of hydrogen-bond acceptors (Lipinski definition) is 5. The van der Waals surface area contributed by atoms with Gasteiger partial charge in [0.15, 0.2) is 5.65 Å². The van der Waals surface area contributed by atoms with Gasteiger partial charge in [-0.05, 0) is 56.4 Å². The van der Waals surface area contributed by atoms with Gasteiger partial charge in [-0.2, -0.15) is 5.10 Å². The van der Waals surface area contributed by atoms with Gasteiger partial charge >= 0.3 is 6.09 Å². The van der Waals surface area contributed by atoms with Gasteiger partial charge in [-0.15, -0.1) is 0 Å². The number of ether oxygens (including phenoxy) is 1. The molecule has 0 aromatic carbocycles. The van der Waals surface area contributed by atoms with Gasteiger partial charge in [-0.25, -0.2) is 14.3 Å². The van der Waals surface area contributed by atoms with E-state index in [1.165, 1.54) is 0 Å². The average molecular weight is 443 g/mol. The third-order valence-corrected chi connectivity index (χ3v) is 5.09. The van der Waals surface area contributed by atoms with Crippen molar-refractivity contribution in [3.05, 3.63) is 21.5 Å². The maximum absolute atomic E-state index is 12.1. The third-order valence-electron chi connectivity index (χ3n) is 3.83. The highest BCUT2D eigenvalue weighted by Crippen LogP contribution is 2.20. The van der Waals surface area contributed by atoms with E-state index in [9.17, 15) is 4.79 Å². The number of nitrogens with zero attached hydrogens (tertiary/aromatic N) is 5. The Morgan fingerprint density at radius 2 is 1.92 bits per heavy atom. The van der Waals surface area contributed by atoms with Crippen molar-refractivity contribution < 1.29 is 9.53 Å². The van der Waals surface area contributed by atoms with E-state index in [0.29, 0.717) is 13.1 Å². The quantitative estimate of drug-likeness (QED) is 0.635. The number of aryl methyl sites for hydroxylation is 1. The van der Waals surface area contributed by atoms with Crippen molar-refractivity contribution in [1.82, 2.24) is 19.5 Å². The molecule has 130 valence electrons. The van der Waals surface area contributed by atoms with Gasteiger partial charge in [0, 0.05) is 32.4 Å². The van der Waals surface area contributed by atoms with E-state index in [0.717, 1.165) is 33.8 Å². The summed E-state index contributed by atoms with van der Waals surface area (Å²) in [4.78, 5) is 20.8. The molecule has 2 aromatic rings. The molecule has 0 atom stereocenters. The van der Waals surface area contributed by atoms with E-state index in [2.05, 4.69) is 32.6 Å². The Balaban J connectivity index is 1.68. The zero-order valence-corrected chi connectivity index (χ0v) is 16.6. The summed E-state index contributed by atoms with van der Waals surface area (Å²) in [6, 6.07) is 1.97. The maximum atomic E-state index is 12.1. The van der Waals surface area contributed by atoms with Crippen LogP contribution in [0.3, 0.4) is 0 Å². The monoisotopic (exact) mass is 443 g/mol. The molecule has 1 fully saturated rings. The molecule has 0 aliphatic carbocycles. The van der Waals surface area contributed by atoms with Crippen LogP contribution >= 0.6 is 22.6 Å². The minimum absolute atomic E-state index is 0.244. The second-order valence-electron chi connectivity index (χ2n) is 6.91. The topological polar surface area (TPSA) is 63.0 Å². The molecule has 3 heterocycles. The molecule has 8 heteroatoms. The molecule has 0 spiro atoms. The summed E-state index contributed by atoms with van der Waals surface area (Å²) in [5, 5.41) is 4.43. The summed E-state index contributed by atoms with van der Waals surface area (Å²) in [6.07, 6.45) is 1.69. The van der Waals surface area contributed by atoms with Crippen LogP contribution in [0.25, 0.3) is 5.65 Å². The maximum Gasteiger partial charge on any atom is 0.410 e. The van der Waals surface area contributed by atoms with Crippen molar-refractivity contribution in [2.24, 2.45) is 0 Å². The molecule has 1 aliphatic heterocycles. The minimum atomic E-state index is -0.461. The van der Waals surface area contributed by atoms with Crippen LogP contribution in [0, 0.1) is 10.5 Å². The molecular formula is C16H22IN5O2. The Hall–Kier alpha value is -1.58. The number of hydrogen-bond donors (Lipinski definition) is 0. The Labute approximate surface area is 155 Å². The molecule has 0 bridgehead atoms. The number of anilines is 1. The first-order chi connectivity index (χ1) is 11.2. The molecule has 1 aliphatic rings. The second kappa shape index (κ2) is 6.38. The lowest BCUT2D eigenvalue weighted by Crippen LogP contribution is -2.50. The minimum Gasteiger partial charge on any atom is -0.444 e. The highest BCUT2D eigenvalue weighted by molar-refractivity contribution is 14.1. The average Bonchev–Trinajstić information content (AvgIpc) is 2.80. The first kappa shape index (κ1) is 17.2. The van der Waals surface area contributed by atoms with Crippen molar-refractivity contribution in [2.45, 2.75) is 33.3 Å². The van der Waals surface area contributed by atoms with E-state index in [1.54, 1.807) is 9.42 Å². The number of halogens is 1. The number of fused-ring (bicyclic) bond motifs is 1. The Bertz CT molecular complexity index is 760. The highest BCUT2D eigenvalue weighted by atomic mass is 127. The standard InChI is InChI=1S/C16H22IN5O2/c1-11-13(17)14-18-12(5-6-22(14)19-11)20-7-9-21(10-8-20)15(23)24-16(2,3)4/h5-6H,7-10H2,1-4H3. The van der Waals surface area contributed by atoms with E-state index >= 15 is 0 Å². The van der Waals surface area contributed by atoms with Crippen molar-refractivity contribution in [2.75, 3.05) is 31.1 Å². The predicted molar refractivity (Wildman–Crippen MR) is 100 cm³/mol. The molecule has 0 saturated carbocycles. The van der Waals surface area contributed by atoms with E-state index < -0.39 is 5.60 Å². The first-order valence-electron chi connectivity index (χ1n) is 7.99. The largest absolute Gasteiger partial charge is 0.444 e. The Kier molecular flexibility index (Phi) is 4.58. The van der Waals surface area contributed by atoms with Crippen LogP contribution in [0.5, 0.6) is 0 Å². The summed E-state index contributed by atoms with van der Waals surface area (Å²) >= 11 is 2.28. The summed E-state index contributed by atoms with van der Waals surface area (Å²) in [7, 11) is 0. The van der Waals surface area contributed by atoms with Gasteiger partial charge in [0.05, 0.1) is 9.26 Å². The summed E-state index contributed by atoms with van der Waals surface area (Å²) < 4.78 is 8.31. The van der Waals surface area contributed by atoms with Crippen LogP contribution in [0.15, 0.2) is 12.3 Å². The van der Waals surface area contributed by atoms with E-state index in [-0.39, 0.29) is 6.09 Å². The Morgan fingerprint density at radius 3 is 2.54 bits per heavy atom. The Morgan fingerprint density at radius 1 is 1.25 bits per heavy atom. The molecule has 2 aromatic heterocycles. The molecule has 0 unspecified atom stereocenters. The number of piperazine rings is 1. The van der Waals surface area contributed by atoms with Gasteiger partial charge < -0.3 is 14.5 Å². The van der Waals surface area contributed by atoms with Crippen LogP contribution in [0.4, 0.5) is 10.6 Å². The lowest BCUT2D eigenvalue weighted by atomic mass is 10.2. The van der Waals surface area contributed by atoms with Crippen LogP contribution in [0.2, 0.25) is 0 Å². The fraction of sp³-hybridized carbons (Fsp3) is 0.562. The van der Waals surface area contributed by atoms with Crippen molar-refractivity contribution in [3.63, 3.8) is 0 Å². The third kappa shape index (κ3) is 3.57. The molecule has 7 nitrogen and oxygen atoms in total. The summed E-state index contributed by atoms with van der Waals surface area (Å²) in [5.41, 5.74) is 1.40. The molecule has 0 N–H and O–H groups in total. The number of amides is 1. The van der Waals surface area contributed by atoms with Crippen molar-refractivity contribution in [3.8, 4) is 0 Å². The predicted octanol–water partition coefficient (Wildman–Crippen LogP) is 2.70. The van der Waals surface area contributed by atoms with Gasteiger partial charge in [0.1, 0.15) is 11.4 Å². The number of carbonyl (C=O) groups excluding carboxylic acids is 1. The number of aromatic nitrogens is 3. The highest BCUT2D eigenvalue weighted by Gasteiger charge is 2.26. The van der Waals surface area contributed by atoms with Crippen LogP contribution in [-0.4, -0.2) is 57.4 Å². The van der Waals surface area contributed by atoms with E-state index in [1.807, 2.05) is 40.0 Å². The van der Waals surface area contributed by atoms with Gasteiger partial charge in [0.25, 0.3) is 0 Å². The van der Waals surface area contributed by atoms with Gasteiger partial charge in [-0.3, -0.25) is 0 Å². The number of rotatable bonds is 1. The van der Waals surface area contributed by atoms with Gasteiger partial charge in [0.2, 0.25) is 0 Å². The zero-order chi connectivity index (χ0) is 17.5. The molecule has 0 radical (unpaired) electrons. The smallest absolute Gasteiger partial charge is 0.410 e. The lowest BCUT2D eigenvalue weighted by Gasteiger charge is -2.36. The molecule has 1 amide bonds. The normalized spacial score (nSPS) is 15.9. The fourth-order valence-electron chi connectivity index (χ4n) is 2.62. The van der Waals surface area contributed by atoms with Gasteiger partial charge in [-0.1, -0.05) is 0 Å². The van der Waals surface area contributed by atoms with E-state index in [4.69, 9.17) is 9.72 Å². The van der Waals surface area contributed by atoms with Crippen molar-refractivity contribution >= 4 is 40.1 Å². The zero-order valence-electron chi connectivity index (χ0n) is 14.4. The lowest BCUT2D eigenvalue weighted by molar-refractivity contribution is 0.0240. The summed E-state index contributed by atoms with van der Waals surface area (Å²) in [6.45, 7) is 10.4. The first-order valence-corrected chi connectivity index (χ1v) is 9.07. The van der Waals surface area contributed by atoms with Crippen LogP contribution < -0.4 is 4.90 Å². The molecule has 3 rings (SSSR count). The van der Waals surface area contributed by atoms with Crippen LogP contribution in [-0.2, 0) is 4.74 Å². The van der Waals surface area contributed by atoms with Crippen molar-refractivity contribution in [1.29, 1.82) is 0 Å².